The topological polar surface area (TPSA) is 73.8 Å². The van der Waals surface area contributed by atoms with Crippen molar-refractivity contribution in [1.82, 2.24) is 15.5 Å². The lowest BCUT2D eigenvalue weighted by Crippen LogP contribution is -2.44. The van der Waals surface area contributed by atoms with Crippen molar-refractivity contribution in [2.75, 3.05) is 38.2 Å². The van der Waals surface area contributed by atoms with E-state index in [9.17, 15) is 12.8 Å². The Balaban J connectivity index is 0.00000338. The molecule has 1 fully saturated rings. The van der Waals surface area contributed by atoms with Crippen molar-refractivity contribution in [3.05, 3.63) is 35.6 Å². The Morgan fingerprint density at radius 2 is 2.04 bits per heavy atom. The number of benzene rings is 1. The van der Waals surface area contributed by atoms with Crippen LogP contribution in [0.2, 0.25) is 0 Å². The number of hydrogen-bond donors (Lipinski definition) is 2. The number of rotatable bonds is 7. The number of nitrogens with one attached hydrogen (secondary N) is 2. The van der Waals surface area contributed by atoms with Gasteiger partial charge in [-0.1, -0.05) is 12.1 Å². The largest absolute Gasteiger partial charge is 0.357 e. The van der Waals surface area contributed by atoms with E-state index in [0.29, 0.717) is 18.9 Å². The molecule has 1 saturated heterocycles. The van der Waals surface area contributed by atoms with Gasteiger partial charge in [0.15, 0.2) is 15.8 Å². The Morgan fingerprint density at radius 3 is 2.62 bits per heavy atom. The fourth-order valence-corrected chi connectivity index (χ4v) is 4.41. The normalized spacial score (nSPS) is 19.2. The molecule has 0 radical (unpaired) electrons. The summed E-state index contributed by atoms with van der Waals surface area (Å²) >= 11 is 0. The van der Waals surface area contributed by atoms with Gasteiger partial charge in [0.1, 0.15) is 5.82 Å². The van der Waals surface area contributed by atoms with Crippen LogP contribution in [0.1, 0.15) is 18.9 Å². The Hall–Kier alpha value is -0.940. The van der Waals surface area contributed by atoms with E-state index in [1.807, 2.05) is 14.0 Å². The van der Waals surface area contributed by atoms with E-state index < -0.39 is 9.84 Å². The minimum atomic E-state index is -2.91. The smallest absolute Gasteiger partial charge is 0.191 e. The van der Waals surface area contributed by atoms with Crippen molar-refractivity contribution in [1.29, 1.82) is 0 Å². The highest BCUT2D eigenvalue weighted by atomic mass is 127. The van der Waals surface area contributed by atoms with Gasteiger partial charge >= 0.3 is 0 Å². The molecule has 2 rings (SSSR count). The SMILES string of the molecule is CCNC(=NCCN(C)Cc1ccc(F)cc1)NC1CCS(=O)(=O)C1.I. The van der Waals surface area contributed by atoms with Gasteiger partial charge in [-0.15, -0.1) is 24.0 Å². The Labute approximate surface area is 172 Å². The molecule has 0 aliphatic carbocycles. The van der Waals surface area contributed by atoms with Crippen LogP contribution in [0.3, 0.4) is 0 Å². The molecule has 0 spiro atoms. The molecule has 1 aromatic rings. The molecule has 1 aliphatic rings. The molecular formula is C17H28FIN4O2S. The zero-order valence-corrected chi connectivity index (χ0v) is 18.4. The van der Waals surface area contributed by atoms with E-state index in [2.05, 4.69) is 20.5 Å². The number of sulfone groups is 1. The van der Waals surface area contributed by atoms with Crippen LogP contribution in [0.15, 0.2) is 29.3 Å². The summed E-state index contributed by atoms with van der Waals surface area (Å²) in [5.41, 5.74) is 1.05. The predicted octanol–water partition coefficient (Wildman–Crippen LogP) is 1.62. The van der Waals surface area contributed by atoms with Crippen LogP contribution in [0.5, 0.6) is 0 Å². The molecule has 9 heteroatoms. The molecule has 148 valence electrons. The molecule has 1 heterocycles. The molecule has 6 nitrogen and oxygen atoms in total. The van der Waals surface area contributed by atoms with E-state index in [4.69, 9.17) is 0 Å². The fourth-order valence-electron chi connectivity index (χ4n) is 2.74. The molecule has 0 amide bonds. The van der Waals surface area contributed by atoms with Crippen molar-refractivity contribution >= 4 is 39.8 Å². The molecule has 26 heavy (non-hydrogen) atoms. The first-order valence-corrected chi connectivity index (χ1v) is 10.4. The number of hydrogen-bond acceptors (Lipinski definition) is 4. The van der Waals surface area contributed by atoms with Crippen LogP contribution in [-0.2, 0) is 16.4 Å². The average molecular weight is 498 g/mol. The summed E-state index contributed by atoms with van der Waals surface area (Å²) in [5, 5.41) is 6.35. The summed E-state index contributed by atoms with van der Waals surface area (Å²) in [5.74, 6) is 0.831. The molecular weight excluding hydrogens is 470 g/mol. The Morgan fingerprint density at radius 1 is 1.35 bits per heavy atom. The van der Waals surface area contributed by atoms with E-state index in [1.54, 1.807) is 12.1 Å². The van der Waals surface area contributed by atoms with Crippen molar-refractivity contribution in [3.63, 3.8) is 0 Å². The first-order valence-electron chi connectivity index (χ1n) is 8.56. The van der Waals surface area contributed by atoms with Crippen LogP contribution in [0.4, 0.5) is 4.39 Å². The summed E-state index contributed by atoms with van der Waals surface area (Å²) in [6.07, 6.45) is 0.622. The lowest BCUT2D eigenvalue weighted by molar-refractivity contribution is 0.336. The van der Waals surface area contributed by atoms with Crippen LogP contribution < -0.4 is 10.6 Å². The summed E-state index contributed by atoms with van der Waals surface area (Å²) in [7, 11) is -0.919. The number of halogens is 2. The number of likely N-dealkylation sites (N-methyl/N-ethyl adjacent to an activating group) is 1. The highest BCUT2D eigenvalue weighted by Crippen LogP contribution is 2.11. The van der Waals surface area contributed by atoms with Gasteiger partial charge < -0.3 is 15.5 Å². The van der Waals surface area contributed by atoms with Crippen LogP contribution >= 0.6 is 24.0 Å². The zero-order valence-electron chi connectivity index (χ0n) is 15.2. The van der Waals surface area contributed by atoms with E-state index >= 15 is 0 Å². The van der Waals surface area contributed by atoms with Crippen LogP contribution in [0.25, 0.3) is 0 Å². The van der Waals surface area contributed by atoms with E-state index in [-0.39, 0.29) is 47.3 Å². The summed E-state index contributed by atoms with van der Waals surface area (Å²) < 4.78 is 36.0. The molecule has 2 N–H and O–H groups in total. The van der Waals surface area contributed by atoms with Gasteiger partial charge in [-0.2, -0.15) is 0 Å². The van der Waals surface area contributed by atoms with Gasteiger partial charge in [0, 0.05) is 25.7 Å². The average Bonchev–Trinajstić information content (AvgIpc) is 2.88. The van der Waals surface area contributed by atoms with Crippen molar-refractivity contribution in [2.24, 2.45) is 4.99 Å². The lowest BCUT2D eigenvalue weighted by atomic mass is 10.2. The Kier molecular flexibility index (Phi) is 9.80. The molecule has 1 aromatic carbocycles. The Bertz CT molecular complexity index is 683. The van der Waals surface area contributed by atoms with Crippen LogP contribution in [-0.4, -0.2) is 63.5 Å². The van der Waals surface area contributed by atoms with Crippen molar-refractivity contribution in [2.45, 2.75) is 25.9 Å². The lowest BCUT2D eigenvalue weighted by Gasteiger charge is -2.18. The summed E-state index contributed by atoms with van der Waals surface area (Å²) in [4.78, 5) is 6.63. The van der Waals surface area contributed by atoms with Gasteiger partial charge in [-0.25, -0.2) is 12.8 Å². The van der Waals surface area contributed by atoms with Crippen molar-refractivity contribution < 1.29 is 12.8 Å². The second-order valence-corrected chi connectivity index (χ2v) is 8.60. The number of aliphatic imine (C=N–C) groups is 1. The van der Waals surface area contributed by atoms with E-state index in [1.165, 1.54) is 12.1 Å². The highest BCUT2D eigenvalue weighted by molar-refractivity contribution is 14.0. The third-order valence-electron chi connectivity index (χ3n) is 4.03. The van der Waals surface area contributed by atoms with E-state index in [0.717, 1.165) is 25.2 Å². The molecule has 1 unspecified atom stereocenters. The van der Waals surface area contributed by atoms with Gasteiger partial charge in [0.05, 0.1) is 18.1 Å². The highest BCUT2D eigenvalue weighted by Gasteiger charge is 2.28. The monoisotopic (exact) mass is 498 g/mol. The van der Waals surface area contributed by atoms with Gasteiger partial charge in [0.25, 0.3) is 0 Å². The quantitative estimate of drug-likeness (QED) is 0.340. The minimum absolute atomic E-state index is 0. The summed E-state index contributed by atoms with van der Waals surface area (Å²) in [6.45, 7) is 4.75. The number of guanidine groups is 1. The third kappa shape index (κ3) is 8.17. The first kappa shape index (κ1) is 23.1. The first-order chi connectivity index (χ1) is 11.9. The van der Waals surface area contributed by atoms with Gasteiger partial charge in [-0.05, 0) is 38.1 Å². The molecule has 0 bridgehead atoms. The predicted molar refractivity (Wildman–Crippen MR) is 114 cm³/mol. The second-order valence-electron chi connectivity index (χ2n) is 6.37. The molecule has 1 aliphatic heterocycles. The van der Waals surface area contributed by atoms with Crippen molar-refractivity contribution in [3.8, 4) is 0 Å². The molecule has 1 atom stereocenters. The van der Waals surface area contributed by atoms with Gasteiger partial charge in [-0.3, -0.25) is 4.99 Å². The number of nitrogens with zero attached hydrogens (tertiary/aromatic N) is 2. The minimum Gasteiger partial charge on any atom is -0.357 e. The fraction of sp³-hybridized carbons (Fsp3) is 0.588. The van der Waals surface area contributed by atoms with Gasteiger partial charge in [0.2, 0.25) is 0 Å². The maximum Gasteiger partial charge on any atom is 0.191 e. The maximum absolute atomic E-state index is 12.9. The summed E-state index contributed by atoms with van der Waals surface area (Å²) in [6, 6.07) is 6.41. The maximum atomic E-state index is 12.9. The molecule has 0 saturated carbocycles. The second kappa shape index (κ2) is 11.0. The molecule has 0 aromatic heterocycles. The zero-order chi connectivity index (χ0) is 18.3. The standard InChI is InChI=1S/C17H27FN4O2S.HI/c1-3-19-17(21-16-8-11-25(23,24)13-16)20-9-10-22(2)12-14-4-6-15(18)7-5-14;/h4-7,16H,3,8-13H2,1-2H3,(H2,19,20,21);1H. The third-order valence-corrected chi connectivity index (χ3v) is 5.80. The van der Waals surface area contributed by atoms with Crippen LogP contribution in [0, 0.1) is 5.82 Å².